The minimum Gasteiger partial charge on any atom is -0.464 e. The van der Waals surface area contributed by atoms with Crippen molar-refractivity contribution in [2.24, 2.45) is 0 Å². The lowest BCUT2D eigenvalue weighted by Crippen LogP contribution is -2.39. The summed E-state index contributed by atoms with van der Waals surface area (Å²) in [6.45, 7) is 4.04. The summed E-state index contributed by atoms with van der Waals surface area (Å²) in [5.74, 6) is -0.767. The molecule has 164 valence electrons. The van der Waals surface area contributed by atoms with Crippen LogP contribution in [0.15, 0.2) is 72.8 Å². The first-order valence-corrected chi connectivity index (χ1v) is 11.3. The van der Waals surface area contributed by atoms with E-state index < -0.39 is 18.1 Å². The van der Waals surface area contributed by atoms with E-state index in [0.29, 0.717) is 21.2 Å². The summed E-state index contributed by atoms with van der Waals surface area (Å²) in [6, 6.07) is 20.9. The molecule has 3 atom stereocenters. The van der Waals surface area contributed by atoms with Gasteiger partial charge in [0.05, 0.1) is 12.6 Å². The average Bonchev–Trinajstić information content (AvgIpc) is 3.08. The number of benzene rings is 3. The molecule has 0 saturated heterocycles. The SMILES string of the molecule is CCOC(=O)C1c2ccccc2C(=O)N1C(c1ccc(Cl)cc1)C(C)c1ccc(Cl)cc1. The maximum atomic E-state index is 13.7. The Morgan fingerprint density at radius 1 is 0.938 bits per heavy atom. The Bertz CT molecular complexity index is 1130. The van der Waals surface area contributed by atoms with Crippen LogP contribution < -0.4 is 0 Å². The van der Waals surface area contributed by atoms with E-state index in [1.54, 1.807) is 30.0 Å². The smallest absolute Gasteiger partial charge is 0.333 e. The van der Waals surface area contributed by atoms with Gasteiger partial charge in [-0.2, -0.15) is 0 Å². The second kappa shape index (κ2) is 9.35. The summed E-state index contributed by atoms with van der Waals surface area (Å²) in [5.41, 5.74) is 3.07. The Kier molecular flexibility index (Phi) is 6.54. The molecule has 3 aromatic carbocycles. The number of hydrogen-bond donors (Lipinski definition) is 0. The molecule has 0 radical (unpaired) electrons. The van der Waals surface area contributed by atoms with Crippen LogP contribution in [0.4, 0.5) is 0 Å². The van der Waals surface area contributed by atoms with Gasteiger partial charge in [-0.3, -0.25) is 4.79 Å². The zero-order valence-corrected chi connectivity index (χ0v) is 19.3. The van der Waals surface area contributed by atoms with E-state index in [9.17, 15) is 9.59 Å². The summed E-state index contributed by atoms with van der Waals surface area (Å²) < 4.78 is 5.40. The summed E-state index contributed by atoms with van der Waals surface area (Å²) in [6.07, 6.45) is 0. The number of esters is 1. The predicted molar refractivity (Wildman–Crippen MR) is 126 cm³/mol. The molecule has 4 nitrogen and oxygen atoms in total. The standard InChI is InChI=1S/C26H23Cl2NO3/c1-3-32-26(31)24-21-6-4-5-7-22(21)25(30)29(24)23(18-10-14-20(28)15-11-18)16(2)17-8-12-19(27)13-9-17/h4-16,23-24H,3H2,1-2H3. The molecule has 1 amide bonds. The number of halogens is 2. The van der Waals surface area contributed by atoms with Gasteiger partial charge in [-0.15, -0.1) is 0 Å². The van der Waals surface area contributed by atoms with Gasteiger partial charge in [-0.25, -0.2) is 4.79 Å². The molecule has 32 heavy (non-hydrogen) atoms. The fraction of sp³-hybridized carbons (Fsp3) is 0.231. The van der Waals surface area contributed by atoms with Crippen LogP contribution in [0.1, 0.15) is 58.9 Å². The number of rotatable bonds is 6. The molecule has 3 unspecified atom stereocenters. The second-order valence-electron chi connectivity index (χ2n) is 7.79. The van der Waals surface area contributed by atoms with Crippen LogP contribution in [0.25, 0.3) is 0 Å². The second-order valence-corrected chi connectivity index (χ2v) is 8.66. The van der Waals surface area contributed by atoms with Gasteiger partial charge < -0.3 is 9.64 Å². The topological polar surface area (TPSA) is 46.6 Å². The summed E-state index contributed by atoms with van der Waals surface area (Å²) >= 11 is 12.2. The van der Waals surface area contributed by atoms with Crippen molar-refractivity contribution in [3.63, 3.8) is 0 Å². The molecule has 1 aliphatic heterocycles. The van der Waals surface area contributed by atoms with Crippen LogP contribution in [0.3, 0.4) is 0 Å². The number of fused-ring (bicyclic) bond motifs is 1. The third-order valence-corrected chi connectivity index (χ3v) is 6.39. The van der Waals surface area contributed by atoms with E-state index >= 15 is 0 Å². The lowest BCUT2D eigenvalue weighted by Gasteiger charge is -2.37. The first kappa shape index (κ1) is 22.4. The molecule has 0 N–H and O–H groups in total. The molecule has 0 fully saturated rings. The Labute approximate surface area is 197 Å². The van der Waals surface area contributed by atoms with Gasteiger partial charge in [-0.05, 0) is 53.9 Å². The third-order valence-electron chi connectivity index (χ3n) is 5.89. The predicted octanol–water partition coefficient (Wildman–Crippen LogP) is 6.60. The van der Waals surface area contributed by atoms with E-state index in [1.807, 2.05) is 61.5 Å². The fourth-order valence-electron chi connectivity index (χ4n) is 4.38. The molecule has 0 spiro atoms. The monoisotopic (exact) mass is 467 g/mol. The molecule has 1 aliphatic rings. The highest BCUT2D eigenvalue weighted by molar-refractivity contribution is 6.30. The summed E-state index contributed by atoms with van der Waals surface area (Å²) in [5, 5.41) is 1.24. The van der Waals surface area contributed by atoms with Crippen LogP contribution in [0.5, 0.6) is 0 Å². The van der Waals surface area contributed by atoms with Gasteiger partial charge in [0.15, 0.2) is 6.04 Å². The van der Waals surface area contributed by atoms with Crippen molar-refractivity contribution >= 4 is 35.1 Å². The van der Waals surface area contributed by atoms with Crippen molar-refractivity contribution in [3.8, 4) is 0 Å². The minimum absolute atomic E-state index is 0.136. The molecule has 0 aromatic heterocycles. The molecule has 1 heterocycles. The van der Waals surface area contributed by atoms with Crippen molar-refractivity contribution in [1.82, 2.24) is 4.90 Å². The van der Waals surface area contributed by atoms with E-state index in [2.05, 4.69) is 0 Å². The highest BCUT2D eigenvalue weighted by atomic mass is 35.5. The number of nitrogens with zero attached hydrogens (tertiary/aromatic N) is 1. The third kappa shape index (κ3) is 4.13. The Morgan fingerprint density at radius 2 is 1.50 bits per heavy atom. The average molecular weight is 468 g/mol. The number of carbonyl (C=O) groups excluding carboxylic acids is 2. The quantitative estimate of drug-likeness (QED) is 0.383. The minimum atomic E-state index is -0.825. The highest BCUT2D eigenvalue weighted by Gasteiger charge is 2.47. The number of hydrogen-bond acceptors (Lipinski definition) is 3. The van der Waals surface area contributed by atoms with Crippen LogP contribution in [-0.4, -0.2) is 23.4 Å². The number of amides is 1. The molecule has 6 heteroatoms. The summed E-state index contributed by atoms with van der Waals surface area (Å²) in [4.78, 5) is 28.4. The van der Waals surface area contributed by atoms with Gasteiger partial charge in [0.1, 0.15) is 0 Å². The molecule has 0 saturated carbocycles. The first-order chi connectivity index (χ1) is 15.4. The Balaban J connectivity index is 1.87. The molecule has 0 bridgehead atoms. The van der Waals surface area contributed by atoms with E-state index in [0.717, 1.165) is 11.1 Å². The van der Waals surface area contributed by atoms with E-state index in [1.165, 1.54) is 0 Å². The van der Waals surface area contributed by atoms with Crippen molar-refractivity contribution in [2.75, 3.05) is 6.61 Å². The van der Waals surface area contributed by atoms with Crippen LogP contribution >= 0.6 is 23.2 Å². The Morgan fingerprint density at radius 3 is 2.09 bits per heavy atom. The van der Waals surface area contributed by atoms with Gasteiger partial charge in [-0.1, -0.05) is 72.6 Å². The number of ether oxygens (including phenoxy) is 1. The molecule has 4 rings (SSSR count). The van der Waals surface area contributed by atoms with Gasteiger partial charge in [0.2, 0.25) is 0 Å². The number of carbonyl (C=O) groups is 2. The lowest BCUT2D eigenvalue weighted by atomic mass is 9.86. The van der Waals surface area contributed by atoms with Crippen molar-refractivity contribution < 1.29 is 14.3 Å². The van der Waals surface area contributed by atoms with Crippen LogP contribution in [0.2, 0.25) is 10.0 Å². The van der Waals surface area contributed by atoms with E-state index in [-0.39, 0.29) is 18.4 Å². The van der Waals surface area contributed by atoms with Gasteiger partial charge in [0, 0.05) is 21.5 Å². The van der Waals surface area contributed by atoms with Crippen LogP contribution in [-0.2, 0) is 9.53 Å². The lowest BCUT2D eigenvalue weighted by molar-refractivity contribution is -0.149. The normalized spacial score (nSPS) is 17.1. The molecular formula is C26H23Cl2NO3. The first-order valence-electron chi connectivity index (χ1n) is 10.5. The Hall–Kier alpha value is -2.82. The van der Waals surface area contributed by atoms with Crippen molar-refractivity contribution in [1.29, 1.82) is 0 Å². The zero-order valence-electron chi connectivity index (χ0n) is 17.8. The van der Waals surface area contributed by atoms with Crippen molar-refractivity contribution in [2.45, 2.75) is 31.8 Å². The maximum absolute atomic E-state index is 13.7. The summed E-state index contributed by atoms with van der Waals surface area (Å²) in [7, 11) is 0. The van der Waals surface area contributed by atoms with Gasteiger partial charge in [0.25, 0.3) is 5.91 Å². The zero-order chi connectivity index (χ0) is 22.8. The van der Waals surface area contributed by atoms with Gasteiger partial charge >= 0.3 is 5.97 Å². The highest BCUT2D eigenvalue weighted by Crippen LogP contribution is 2.46. The molecular weight excluding hydrogens is 445 g/mol. The fourth-order valence-corrected chi connectivity index (χ4v) is 4.64. The van der Waals surface area contributed by atoms with E-state index in [4.69, 9.17) is 27.9 Å². The largest absolute Gasteiger partial charge is 0.464 e. The molecule has 0 aliphatic carbocycles. The van der Waals surface area contributed by atoms with Crippen LogP contribution in [0, 0.1) is 0 Å². The maximum Gasteiger partial charge on any atom is 0.333 e. The van der Waals surface area contributed by atoms with Crippen molar-refractivity contribution in [3.05, 3.63) is 105 Å². The molecule has 3 aromatic rings.